The summed E-state index contributed by atoms with van der Waals surface area (Å²) in [7, 11) is 1.60. The van der Waals surface area contributed by atoms with Gasteiger partial charge >= 0.3 is 0 Å². The summed E-state index contributed by atoms with van der Waals surface area (Å²) < 4.78 is 19.0. The van der Waals surface area contributed by atoms with E-state index in [1.165, 1.54) is 0 Å². The second-order valence-electron chi connectivity index (χ2n) is 7.24. The molecule has 1 unspecified atom stereocenters. The standard InChI is InChI=1S/C24H24N4O3/c1-4-12-30-19-11-10-16(13-20(19)29-3)22-18(14-25)23(26)31-24-21(22)15(2)27-28(24)17-8-6-5-7-9-17/h5-11,13,22H,4,12,26H2,1-3H3. The maximum Gasteiger partial charge on any atom is 0.229 e. The van der Waals surface area contributed by atoms with Gasteiger partial charge in [-0.1, -0.05) is 31.2 Å². The Kier molecular flexibility index (Phi) is 5.54. The maximum atomic E-state index is 9.88. The molecule has 0 spiro atoms. The van der Waals surface area contributed by atoms with Crippen molar-refractivity contribution in [3.05, 3.63) is 76.8 Å². The molecule has 31 heavy (non-hydrogen) atoms. The van der Waals surface area contributed by atoms with Gasteiger partial charge in [0.25, 0.3) is 0 Å². The monoisotopic (exact) mass is 416 g/mol. The number of aromatic nitrogens is 2. The summed E-state index contributed by atoms with van der Waals surface area (Å²) in [6.07, 6.45) is 0.893. The van der Waals surface area contributed by atoms with Crippen LogP contribution < -0.4 is 19.9 Å². The van der Waals surface area contributed by atoms with Crippen LogP contribution in [-0.2, 0) is 0 Å². The molecule has 1 atom stereocenters. The average Bonchev–Trinajstić information content (AvgIpc) is 3.13. The number of nitrogens with two attached hydrogens (primary N) is 1. The summed E-state index contributed by atoms with van der Waals surface area (Å²) in [6.45, 7) is 4.54. The molecule has 2 N–H and O–H groups in total. The fourth-order valence-corrected chi connectivity index (χ4v) is 3.79. The number of fused-ring (bicyclic) bond motifs is 1. The Morgan fingerprint density at radius 1 is 1.19 bits per heavy atom. The zero-order valence-electron chi connectivity index (χ0n) is 17.8. The summed E-state index contributed by atoms with van der Waals surface area (Å²) in [4.78, 5) is 0. The molecule has 0 aliphatic carbocycles. The van der Waals surface area contributed by atoms with Gasteiger partial charge in [0.05, 0.1) is 36.6 Å². The van der Waals surface area contributed by atoms with E-state index in [-0.39, 0.29) is 5.88 Å². The number of rotatable bonds is 6. The van der Waals surface area contributed by atoms with E-state index in [9.17, 15) is 5.26 Å². The average molecular weight is 416 g/mol. The van der Waals surface area contributed by atoms with Gasteiger partial charge in [-0.05, 0) is 43.2 Å². The minimum absolute atomic E-state index is 0.0716. The minimum atomic E-state index is -0.430. The van der Waals surface area contributed by atoms with Gasteiger partial charge in [-0.25, -0.2) is 4.68 Å². The summed E-state index contributed by atoms with van der Waals surface area (Å²) >= 11 is 0. The number of allylic oxidation sites excluding steroid dienone is 1. The van der Waals surface area contributed by atoms with E-state index in [0.29, 0.717) is 29.6 Å². The van der Waals surface area contributed by atoms with E-state index in [1.54, 1.807) is 11.8 Å². The highest BCUT2D eigenvalue weighted by atomic mass is 16.5. The van der Waals surface area contributed by atoms with E-state index in [0.717, 1.165) is 28.9 Å². The molecular formula is C24H24N4O3. The number of para-hydroxylation sites is 1. The molecule has 0 radical (unpaired) electrons. The lowest BCUT2D eigenvalue weighted by atomic mass is 9.84. The molecule has 1 aromatic heterocycles. The van der Waals surface area contributed by atoms with Crippen LogP contribution >= 0.6 is 0 Å². The number of benzene rings is 2. The van der Waals surface area contributed by atoms with Crippen molar-refractivity contribution in [2.75, 3.05) is 13.7 Å². The predicted octanol–water partition coefficient (Wildman–Crippen LogP) is 4.20. The third-order valence-corrected chi connectivity index (χ3v) is 5.22. The van der Waals surface area contributed by atoms with Crippen LogP contribution in [0.3, 0.4) is 0 Å². The molecule has 3 aromatic rings. The molecule has 2 aromatic carbocycles. The smallest absolute Gasteiger partial charge is 0.229 e. The van der Waals surface area contributed by atoms with Gasteiger partial charge in [-0.3, -0.25) is 0 Å². The Bertz CT molecular complexity index is 1180. The SMILES string of the molecule is CCCOc1ccc(C2C(C#N)=C(N)Oc3c2c(C)nn3-c2ccccc2)cc1OC. The second kappa shape index (κ2) is 8.44. The van der Waals surface area contributed by atoms with Gasteiger partial charge in [0, 0.05) is 0 Å². The highest BCUT2D eigenvalue weighted by Crippen LogP contribution is 2.46. The molecular weight excluding hydrogens is 392 g/mol. The van der Waals surface area contributed by atoms with Crippen LogP contribution in [0.4, 0.5) is 0 Å². The van der Waals surface area contributed by atoms with Crippen LogP contribution in [0.2, 0.25) is 0 Å². The van der Waals surface area contributed by atoms with Crippen molar-refractivity contribution in [2.45, 2.75) is 26.2 Å². The lowest BCUT2D eigenvalue weighted by Crippen LogP contribution is -2.22. The first-order valence-corrected chi connectivity index (χ1v) is 10.1. The third kappa shape index (κ3) is 3.57. The Balaban J connectivity index is 1.87. The summed E-state index contributed by atoms with van der Waals surface area (Å²) in [5.41, 5.74) is 9.79. The molecule has 1 aliphatic rings. The number of hydrogen-bond donors (Lipinski definition) is 1. The molecule has 0 fully saturated rings. The lowest BCUT2D eigenvalue weighted by Gasteiger charge is -2.25. The fourth-order valence-electron chi connectivity index (χ4n) is 3.79. The zero-order valence-corrected chi connectivity index (χ0v) is 17.8. The number of nitrogens with zero attached hydrogens (tertiary/aromatic N) is 3. The topological polar surface area (TPSA) is 95.3 Å². The third-order valence-electron chi connectivity index (χ3n) is 5.22. The molecule has 7 nitrogen and oxygen atoms in total. The Morgan fingerprint density at radius 2 is 1.97 bits per heavy atom. The van der Waals surface area contributed by atoms with Crippen LogP contribution in [0.15, 0.2) is 60.0 Å². The normalized spacial score (nSPS) is 15.1. The maximum absolute atomic E-state index is 9.88. The van der Waals surface area contributed by atoms with E-state index in [1.807, 2.05) is 62.4 Å². The van der Waals surface area contributed by atoms with Crippen molar-refractivity contribution < 1.29 is 14.2 Å². The quantitative estimate of drug-likeness (QED) is 0.647. The summed E-state index contributed by atoms with van der Waals surface area (Å²) in [6, 6.07) is 17.6. The van der Waals surface area contributed by atoms with Crippen molar-refractivity contribution in [1.82, 2.24) is 9.78 Å². The number of aryl methyl sites for hydroxylation is 1. The van der Waals surface area contributed by atoms with Gasteiger partial charge in [0.15, 0.2) is 11.5 Å². The molecule has 0 bridgehead atoms. The Hall–Kier alpha value is -3.92. The molecule has 0 amide bonds. The fraction of sp³-hybridized carbons (Fsp3) is 0.250. The van der Waals surface area contributed by atoms with Gasteiger partial charge in [0.2, 0.25) is 11.8 Å². The first-order chi connectivity index (χ1) is 15.1. The van der Waals surface area contributed by atoms with Gasteiger partial charge in [-0.15, -0.1) is 0 Å². The van der Waals surface area contributed by atoms with Crippen molar-refractivity contribution in [3.63, 3.8) is 0 Å². The van der Waals surface area contributed by atoms with Crippen LogP contribution in [-0.4, -0.2) is 23.5 Å². The van der Waals surface area contributed by atoms with Gasteiger partial charge in [0.1, 0.15) is 11.6 Å². The van der Waals surface area contributed by atoms with Gasteiger partial charge in [-0.2, -0.15) is 10.4 Å². The van der Waals surface area contributed by atoms with Crippen LogP contribution in [0.25, 0.3) is 5.69 Å². The highest BCUT2D eigenvalue weighted by molar-refractivity contribution is 5.59. The molecule has 4 rings (SSSR count). The molecule has 1 aliphatic heterocycles. The zero-order chi connectivity index (χ0) is 22.0. The van der Waals surface area contributed by atoms with Crippen molar-refractivity contribution in [2.24, 2.45) is 5.73 Å². The van der Waals surface area contributed by atoms with E-state index in [2.05, 4.69) is 11.2 Å². The molecule has 7 heteroatoms. The first kappa shape index (κ1) is 20.4. The van der Waals surface area contributed by atoms with Gasteiger partial charge < -0.3 is 19.9 Å². The second-order valence-corrected chi connectivity index (χ2v) is 7.24. The largest absolute Gasteiger partial charge is 0.493 e. The number of ether oxygens (including phenoxy) is 3. The van der Waals surface area contributed by atoms with Crippen LogP contribution in [0.1, 0.15) is 36.1 Å². The van der Waals surface area contributed by atoms with Crippen LogP contribution in [0.5, 0.6) is 17.4 Å². The lowest BCUT2D eigenvalue weighted by molar-refractivity contribution is 0.294. The Morgan fingerprint density at radius 3 is 2.65 bits per heavy atom. The number of nitriles is 1. The summed E-state index contributed by atoms with van der Waals surface area (Å²) in [5.74, 6) is 1.41. The molecule has 0 saturated heterocycles. The Labute approximate surface area is 181 Å². The van der Waals surface area contributed by atoms with Crippen molar-refractivity contribution in [3.8, 4) is 29.1 Å². The first-order valence-electron chi connectivity index (χ1n) is 10.1. The summed E-state index contributed by atoms with van der Waals surface area (Å²) in [5, 5.41) is 14.6. The van der Waals surface area contributed by atoms with Crippen LogP contribution in [0, 0.1) is 18.3 Å². The molecule has 158 valence electrons. The predicted molar refractivity (Wildman–Crippen MR) is 116 cm³/mol. The van der Waals surface area contributed by atoms with Crippen molar-refractivity contribution in [1.29, 1.82) is 5.26 Å². The van der Waals surface area contributed by atoms with E-state index < -0.39 is 5.92 Å². The molecule has 0 saturated carbocycles. The van der Waals surface area contributed by atoms with E-state index in [4.69, 9.17) is 19.9 Å². The highest BCUT2D eigenvalue weighted by Gasteiger charge is 2.36. The molecule has 2 heterocycles. The number of methoxy groups -OCH3 is 1. The number of hydrogen-bond acceptors (Lipinski definition) is 6. The minimum Gasteiger partial charge on any atom is -0.493 e. The van der Waals surface area contributed by atoms with E-state index >= 15 is 0 Å². The van der Waals surface area contributed by atoms with Crippen molar-refractivity contribution >= 4 is 0 Å².